The Labute approximate surface area is 149 Å². The highest BCUT2D eigenvalue weighted by atomic mass is 16.4. The van der Waals surface area contributed by atoms with Crippen LogP contribution in [0.15, 0.2) is 0 Å². The van der Waals surface area contributed by atoms with Crippen LogP contribution in [0.2, 0.25) is 0 Å². The lowest BCUT2D eigenvalue weighted by Crippen LogP contribution is -2.59. The van der Waals surface area contributed by atoms with Gasteiger partial charge in [-0.15, -0.1) is 0 Å². The highest BCUT2D eigenvalue weighted by Gasteiger charge is 2.30. The van der Waals surface area contributed by atoms with Crippen molar-refractivity contribution in [1.29, 1.82) is 0 Å². The zero-order valence-corrected chi connectivity index (χ0v) is 14.0. The van der Waals surface area contributed by atoms with Crippen LogP contribution in [0.5, 0.6) is 0 Å². The molecule has 0 unspecified atom stereocenters. The molecule has 0 aromatic rings. The number of nitrogens with one attached hydrogen (secondary N) is 4. The van der Waals surface area contributed by atoms with Crippen molar-refractivity contribution in [3.8, 4) is 0 Å². The molecule has 1 heterocycles. The Kier molecular flexibility index (Phi) is 8.92. The van der Waals surface area contributed by atoms with Gasteiger partial charge in [0.25, 0.3) is 0 Å². The largest absolute Gasteiger partial charge is 0.480 e. The number of carbonyl (C=O) groups is 4. The molecule has 1 aliphatic rings. The second kappa shape index (κ2) is 10.7. The fourth-order valence-electron chi connectivity index (χ4n) is 2.30. The molecule has 148 valence electrons. The maximum absolute atomic E-state index is 12.1. The minimum absolute atomic E-state index is 0.477. The number of carbonyl (C=O) groups excluding carboxylic acids is 3. The summed E-state index contributed by atoms with van der Waals surface area (Å²) < 4.78 is 0. The number of aliphatic carboxylic acids is 1. The summed E-state index contributed by atoms with van der Waals surface area (Å²) in [6.07, 6.45) is 1.39. The second-order valence-corrected chi connectivity index (χ2v) is 5.72. The van der Waals surface area contributed by atoms with E-state index in [9.17, 15) is 29.4 Å². The Hall–Kier alpha value is -2.28. The average Bonchev–Trinajstić information content (AvgIpc) is 3.15. The molecule has 1 saturated heterocycles. The van der Waals surface area contributed by atoms with E-state index in [1.54, 1.807) is 0 Å². The Balaban J connectivity index is 2.63. The zero-order chi connectivity index (χ0) is 19.7. The quantitative estimate of drug-likeness (QED) is 0.184. The van der Waals surface area contributed by atoms with Crippen LogP contribution >= 0.6 is 0 Å². The first-order valence-electron chi connectivity index (χ1n) is 8.03. The highest BCUT2D eigenvalue weighted by molar-refractivity contribution is 5.94. The molecular formula is C14H24N4O8. The van der Waals surface area contributed by atoms with Crippen LogP contribution in [0.4, 0.5) is 0 Å². The van der Waals surface area contributed by atoms with Crippen molar-refractivity contribution in [2.45, 2.75) is 37.0 Å². The van der Waals surface area contributed by atoms with E-state index in [-0.39, 0.29) is 0 Å². The topological polar surface area (TPSA) is 197 Å². The van der Waals surface area contributed by atoms with Gasteiger partial charge in [-0.1, -0.05) is 0 Å². The predicted octanol–water partition coefficient (Wildman–Crippen LogP) is -4.75. The van der Waals surface area contributed by atoms with Crippen molar-refractivity contribution >= 4 is 23.7 Å². The van der Waals surface area contributed by atoms with Gasteiger partial charge in [0.15, 0.2) is 0 Å². The van der Waals surface area contributed by atoms with Gasteiger partial charge in [-0.3, -0.25) is 14.4 Å². The van der Waals surface area contributed by atoms with Gasteiger partial charge < -0.3 is 41.7 Å². The van der Waals surface area contributed by atoms with Crippen LogP contribution in [0, 0.1) is 0 Å². The molecule has 12 heteroatoms. The third kappa shape index (κ3) is 6.22. The van der Waals surface area contributed by atoms with Crippen molar-refractivity contribution in [3.63, 3.8) is 0 Å². The molecule has 0 aromatic carbocycles. The normalized spacial score (nSPS) is 19.9. The monoisotopic (exact) mass is 376 g/mol. The SMILES string of the molecule is O=C(O)[C@H](CO)NC(=O)[C@H](CO)NC(=O)[C@H](CO)NC(=O)[C@@H]1CCCN1. The number of aliphatic hydroxyl groups is 3. The molecule has 3 amide bonds. The van der Waals surface area contributed by atoms with E-state index in [0.717, 1.165) is 6.42 Å². The van der Waals surface area contributed by atoms with Crippen molar-refractivity contribution in [3.05, 3.63) is 0 Å². The second-order valence-electron chi connectivity index (χ2n) is 5.72. The fourth-order valence-corrected chi connectivity index (χ4v) is 2.30. The van der Waals surface area contributed by atoms with Crippen LogP contribution in [0.25, 0.3) is 0 Å². The predicted molar refractivity (Wildman–Crippen MR) is 85.7 cm³/mol. The molecule has 1 aliphatic heterocycles. The number of rotatable bonds is 10. The van der Waals surface area contributed by atoms with Crippen molar-refractivity contribution in [2.24, 2.45) is 0 Å². The highest BCUT2D eigenvalue weighted by Crippen LogP contribution is 2.05. The van der Waals surface area contributed by atoms with Crippen LogP contribution in [0.1, 0.15) is 12.8 Å². The Morgan fingerprint density at radius 3 is 1.81 bits per heavy atom. The van der Waals surface area contributed by atoms with Gasteiger partial charge in [-0.25, -0.2) is 4.79 Å². The summed E-state index contributed by atoms with van der Waals surface area (Å²) in [4.78, 5) is 46.8. The lowest BCUT2D eigenvalue weighted by atomic mass is 10.1. The van der Waals surface area contributed by atoms with Crippen LogP contribution in [-0.2, 0) is 19.2 Å². The number of aliphatic hydroxyl groups excluding tert-OH is 3. The first-order chi connectivity index (χ1) is 12.3. The zero-order valence-electron chi connectivity index (χ0n) is 14.0. The molecule has 26 heavy (non-hydrogen) atoms. The molecule has 1 fully saturated rings. The lowest BCUT2D eigenvalue weighted by molar-refractivity contribution is -0.143. The summed E-state index contributed by atoms with van der Waals surface area (Å²) in [5.41, 5.74) is 0. The number of amides is 3. The van der Waals surface area contributed by atoms with E-state index in [0.29, 0.717) is 13.0 Å². The molecule has 0 radical (unpaired) electrons. The van der Waals surface area contributed by atoms with Crippen molar-refractivity contribution < 1.29 is 39.6 Å². The standard InChI is InChI=1S/C14H24N4O8/c19-4-8(16-11(22)7-2-1-3-15-7)12(23)17-9(5-20)13(24)18-10(6-21)14(25)26/h7-10,15,19-21H,1-6H2,(H,16,22)(H,17,23)(H,18,24)(H,25,26)/t7-,8-,9-,10-/m0/s1. The number of carboxylic acid groups (broad SMARTS) is 1. The third-order valence-electron chi connectivity index (χ3n) is 3.81. The van der Waals surface area contributed by atoms with E-state index < -0.39 is 67.7 Å². The molecule has 0 aromatic heterocycles. The van der Waals surface area contributed by atoms with Gasteiger partial charge in [0.2, 0.25) is 17.7 Å². The summed E-state index contributed by atoms with van der Waals surface area (Å²) in [7, 11) is 0. The molecule has 4 atom stereocenters. The van der Waals surface area contributed by atoms with Gasteiger partial charge in [0.05, 0.1) is 25.9 Å². The summed E-state index contributed by atoms with van der Waals surface area (Å²) in [6, 6.07) is -4.95. The number of hydrogen-bond donors (Lipinski definition) is 8. The maximum atomic E-state index is 12.1. The molecule has 1 rings (SSSR count). The van der Waals surface area contributed by atoms with E-state index in [1.165, 1.54) is 0 Å². The van der Waals surface area contributed by atoms with Gasteiger partial charge >= 0.3 is 5.97 Å². The Morgan fingerprint density at radius 2 is 1.38 bits per heavy atom. The maximum Gasteiger partial charge on any atom is 0.328 e. The summed E-state index contributed by atoms with van der Waals surface area (Å²) in [5, 5.41) is 45.5. The van der Waals surface area contributed by atoms with Crippen molar-refractivity contribution in [2.75, 3.05) is 26.4 Å². The van der Waals surface area contributed by atoms with E-state index >= 15 is 0 Å². The molecule has 8 N–H and O–H groups in total. The minimum Gasteiger partial charge on any atom is -0.480 e. The van der Waals surface area contributed by atoms with Crippen LogP contribution in [0.3, 0.4) is 0 Å². The molecule has 0 saturated carbocycles. The van der Waals surface area contributed by atoms with Gasteiger partial charge in [-0.05, 0) is 19.4 Å². The van der Waals surface area contributed by atoms with Crippen molar-refractivity contribution in [1.82, 2.24) is 21.3 Å². The van der Waals surface area contributed by atoms with Gasteiger partial charge in [-0.2, -0.15) is 0 Å². The average molecular weight is 376 g/mol. The van der Waals surface area contributed by atoms with Gasteiger partial charge in [0, 0.05) is 0 Å². The fraction of sp³-hybridized carbons (Fsp3) is 0.714. The Bertz CT molecular complexity index is 523. The summed E-state index contributed by atoms with van der Waals surface area (Å²) >= 11 is 0. The third-order valence-corrected chi connectivity index (χ3v) is 3.81. The summed E-state index contributed by atoms with van der Waals surface area (Å²) in [6.45, 7) is -1.81. The lowest BCUT2D eigenvalue weighted by Gasteiger charge is -2.23. The van der Waals surface area contributed by atoms with E-state index in [1.807, 2.05) is 5.32 Å². The molecule has 0 aliphatic carbocycles. The van der Waals surface area contributed by atoms with Crippen LogP contribution in [-0.4, -0.2) is 94.6 Å². The molecule has 12 nitrogen and oxygen atoms in total. The first kappa shape index (κ1) is 21.8. The minimum atomic E-state index is -1.60. The molecule has 0 bridgehead atoms. The smallest absolute Gasteiger partial charge is 0.328 e. The first-order valence-corrected chi connectivity index (χ1v) is 8.03. The van der Waals surface area contributed by atoms with E-state index in [4.69, 9.17) is 10.2 Å². The molecule has 0 spiro atoms. The number of hydrogen-bond acceptors (Lipinski definition) is 8. The Morgan fingerprint density at radius 1 is 0.885 bits per heavy atom. The van der Waals surface area contributed by atoms with Crippen LogP contribution < -0.4 is 21.3 Å². The number of carboxylic acids is 1. The molecular weight excluding hydrogens is 352 g/mol. The summed E-state index contributed by atoms with van der Waals surface area (Å²) in [5.74, 6) is -3.94. The van der Waals surface area contributed by atoms with E-state index in [2.05, 4.69) is 16.0 Å². The van der Waals surface area contributed by atoms with Gasteiger partial charge in [0.1, 0.15) is 18.1 Å².